The summed E-state index contributed by atoms with van der Waals surface area (Å²) < 4.78 is 5.90. The number of hydrogen-bond acceptors (Lipinski definition) is 4. The minimum atomic E-state index is -0.117. The van der Waals surface area contributed by atoms with Crippen LogP contribution in [0.4, 0.5) is 5.69 Å². The van der Waals surface area contributed by atoms with Crippen LogP contribution in [-0.4, -0.2) is 29.0 Å². The summed E-state index contributed by atoms with van der Waals surface area (Å²) in [5.74, 6) is 2.93. The number of thioether (sulfide) groups is 1. The fraction of sp³-hybridized carbons (Fsp3) is 0.400. The molecule has 0 radical (unpaired) electrons. The Morgan fingerprint density at radius 3 is 2.81 bits per heavy atom. The van der Waals surface area contributed by atoms with Crippen molar-refractivity contribution in [2.24, 2.45) is 5.92 Å². The van der Waals surface area contributed by atoms with E-state index in [1.165, 1.54) is 18.2 Å². The van der Waals surface area contributed by atoms with Crippen molar-refractivity contribution in [2.45, 2.75) is 42.9 Å². The Morgan fingerprint density at radius 1 is 1.31 bits per heavy atom. The van der Waals surface area contributed by atoms with Gasteiger partial charge < -0.3 is 14.6 Å². The topological polar surface area (TPSA) is 62.6 Å². The van der Waals surface area contributed by atoms with Crippen LogP contribution in [0, 0.1) is 5.92 Å². The fourth-order valence-electron chi connectivity index (χ4n) is 3.27. The maximum atomic E-state index is 12.8. The third-order valence-electron chi connectivity index (χ3n) is 5.05. The van der Waals surface area contributed by atoms with Gasteiger partial charge in [0.2, 0.25) is 5.91 Å². The lowest BCUT2D eigenvalue weighted by Crippen LogP contribution is -2.28. The number of furan rings is 1. The van der Waals surface area contributed by atoms with Gasteiger partial charge in [-0.25, -0.2) is 0 Å². The van der Waals surface area contributed by atoms with Crippen LogP contribution in [0.2, 0.25) is 0 Å². The van der Waals surface area contributed by atoms with Crippen molar-refractivity contribution in [3.63, 3.8) is 0 Å². The van der Waals surface area contributed by atoms with Gasteiger partial charge in [-0.05, 0) is 49.6 Å². The molecule has 2 amide bonds. The Hall–Kier alpha value is -2.21. The molecule has 0 spiro atoms. The van der Waals surface area contributed by atoms with Gasteiger partial charge in [0.15, 0.2) is 0 Å². The quantitative estimate of drug-likeness (QED) is 0.880. The Labute approximate surface area is 157 Å². The summed E-state index contributed by atoms with van der Waals surface area (Å²) in [6.45, 7) is 4.52. The molecule has 0 unspecified atom stereocenters. The van der Waals surface area contributed by atoms with Gasteiger partial charge >= 0.3 is 0 Å². The minimum absolute atomic E-state index is 0.0297. The van der Waals surface area contributed by atoms with Crippen molar-refractivity contribution in [3.05, 3.63) is 47.4 Å². The molecule has 1 aromatic carbocycles. The lowest BCUT2D eigenvalue weighted by molar-refractivity contribution is -0.115. The Bertz CT molecular complexity index is 876. The summed E-state index contributed by atoms with van der Waals surface area (Å²) in [7, 11) is 1.76. The third kappa shape index (κ3) is 3.26. The Morgan fingerprint density at radius 2 is 2.08 bits per heavy atom. The van der Waals surface area contributed by atoms with E-state index >= 15 is 0 Å². The second kappa shape index (κ2) is 6.50. The van der Waals surface area contributed by atoms with Gasteiger partial charge in [0.25, 0.3) is 5.91 Å². The average molecular weight is 370 g/mol. The summed E-state index contributed by atoms with van der Waals surface area (Å²) in [5, 5.41) is 2.75. The van der Waals surface area contributed by atoms with Gasteiger partial charge in [-0.1, -0.05) is 6.92 Å². The first kappa shape index (κ1) is 17.2. The number of carbonyl (C=O) groups excluding carboxylic acids is 2. The molecule has 1 aromatic heterocycles. The number of carbonyl (C=O) groups is 2. The number of anilines is 1. The van der Waals surface area contributed by atoms with Crippen molar-refractivity contribution >= 4 is 29.3 Å². The number of benzene rings is 1. The van der Waals surface area contributed by atoms with Crippen LogP contribution < -0.4 is 5.32 Å². The van der Waals surface area contributed by atoms with Crippen molar-refractivity contribution < 1.29 is 14.0 Å². The Balaban J connectivity index is 1.46. The zero-order valence-corrected chi connectivity index (χ0v) is 15.9. The number of amides is 2. The molecule has 136 valence electrons. The molecule has 26 heavy (non-hydrogen) atoms. The second-order valence-electron chi connectivity index (χ2n) is 7.25. The summed E-state index contributed by atoms with van der Waals surface area (Å²) in [4.78, 5) is 27.2. The van der Waals surface area contributed by atoms with E-state index in [0.717, 1.165) is 16.4 Å². The SMILES string of the molecule is C[C@@H]1Sc2ccc(C(=O)N(C)Cc3ccc([C@H]4C[C@@H]4C)o3)cc2NC1=O. The first-order valence-corrected chi connectivity index (χ1v) is 9.76. The van der Waals surface area contributed by atoms with E-state index in [0.29, 0.717) is 29.6 Å². The largest absolute Gasteiger partial charge is 0.464 e. The van der Waals surface area contributed by atoms with Crippen LogP contribution in [0.25, 0.3) is 0 Å². The summed E-state index contributed by atoms with van der Waals surface area (Å²) >= 11 is 1.51. The van der Waals surface area contributed by atoms with Gasteiger partial charge in [0.1, 0.15) is 11.5 Å². The molecular formula is C20H22N2O3S. The predicted molar refractivity (Wildman–Crippen MR) is 101 cm³/mol. The average Bonchev–Trinajstić information content (AvgIpc) is 3.16. The van der Waals surface area contributed by atoms with Crippen LogP contribution in [0.1, 0.15) is 48.1 Å². The first-order valence-electron chi connectivity index (χ1n) is 8.88. The summed E-state index contributed by atoms with van der Waals surface area (Å²) in [6, 6.07) is 9.44. The molecule has 1 fully saturated rings. The smallest absolute Gasteiger partial charge is 0.254 e. The van der Waals surface area contributed by atoms with Crippen LogP contribution in [0.3, 0.4) is 0 Å². The van der Waals surface area contributed by atoms with E-state index in [2.05, 4.69) is 12.2 Å². The predicted octanol–water partition coefficient (Wildman–Crippen LogP) is 4.11. The molecule has 1 aliphatic carbocycles. The molecule has 1 saturated carbocycles. The lowest BCUT2D eigenvalue weighted by Gasteiger charge is -2.22. The molecule has 3 atom stereocenters. The molecule has 1 N–H and O–H groups in total. The highest BCUT2D eigenvalue weighted by Gasteiger charge is 2.36. The van der Waals surface area contributed by atoms with Crippen LogP contribution in [0.15, 0.2) is 39.6 Å². The molecule has 1 aliphatic heterocycles. The van der Waals surface area contributed by atoms with Crippen molar-refractivity contribution in [1.29, 1.82) is 0 Å². The van der Waals surface area contributed by atoms with Crippen LogP contribution >= 0.6 is 11.8 Å². The van der Waals surface area contributed by atoms with E-state index < -0.39 is 0 Å². The van der Waals surface area contributed by atoms with Crippen molar-refractivity contribution in [3.8, 4) is 0 Å². The van der Waals surface area contributed by atoms with Crippen LogP contribution in [0.5, 0.6) is 0 Å². The molecule has 6 heteroatoms. The highest BCUT2D eigenvalue weighted by Crippen LogP contribution is 2.47. The highest BCUT2D eigenvalue weighted by molar-refractivity contribution is 8.00. The number of hydrogen-bond donors (Lipinski definition) is 1. The Kier molecular flexibility index (Phi) is 4.31. The van der Waals surface area contributed by atoms with Gasteiger partial charge in [-0.15, -0.1) is 11.8 Å². The molecule has 2 heterocycles. The van der Waals surface area contributed by atoms with Crippen molar-refractivity contribution in [1.82, 2.24) is 4.90 Å². The maximum absolute atomic E-state index is 12.8. The normalized spacial score (nSPS) is 24.0. The fourth-order valence-corrected chi connectivity index (χ4v) is 4.20. The van der Waals surface area contributed by atoms with Crippen LogP contribution in [-0.2, 0) is 11.3 Å². The monoisotopic (exact) mass is 370 g/mol. The number of nitrogens with zero attached hydrogens (tertiary/aromatic N) is 1. The highest BCUT2D eigenvalue weighted by atomic mass is 32.2. The van der Waals surface area contributed by atoms with E-state index in [-0.39, 0.29) is 17.1 Å². The second-order valence-corrected chi connectivity index (χ2v) is 8.63. The van der Waals surface area contributed by atoms with Gasteiger partial charge in [-0.3, -0.25) is 9.59 Å². The molecule has 4 rings (SSSR count). The molecule has 0 saturated heterocycles. The van der Waals surface area contributed by atoms with E-state index in [1.807, 2.05) is 31.2 Å². The van der Waals surface area contributed by atoms with Gasteiger partial charge in [0.05, 0.1) is 17.5 Å². The first-order chi connectivity index (χ1) is 12.4. The summed E-state index contributed by atoms with van der Waals surface area (Å²) in [5.41, 5.74) is 1.27. The zero-order valence-electron chi connectivity index (χ0n) is 15.1. The number of fused-ring (bicyclic) bond motifs is 1. The molecule has 2 aromatic rings. The molecule has 5 nitrogen and oxygen atoms in total. The third-order valence-corrected chi connectivity index (χ3v) is 6.23. The molecular weight excluding hydrogens is 348 g/mol. The summed E-state index contributed by atoms with van der Waals surface area (Å²) in [6.07, 6.45) is 1.18. The van der Waals surface area contributed by atoms with Crippen molar-refractivity contribution in [2.75, 3.05) is 12.4 Å². The van der Waals surface area contributed by atoms with Gasteiger partial charge in [-0.2, -0.15) is 0 Å². The zero-order chi connectivity index (χ0) is 18.4. The standard InChI is InChI=1S/C20H22N2O3S/c1-11-8-15(11)17-6-5-14(25-17)10-22(3)20(24)13-4-7-18-16(9-13)21-19(23)12(2)26-18/h4-7,9,11-12,15H,8,10H2,1-3H3,(H,21,23)/t11-,12-,15-/m0/s1. The number of nitrogens with one attached hydrogen (secondary N) is 1. The lowest BCUT2D eigenvalue weighted by atomic mass is 10.1. The van der Waals surface area contributed by atoms with E-state index in [1.54, 1.807) is 18.0 Å². The minimum Gasteiger partial charge on any atom is -0.464 e. The van der Waals surface area contributed by atoms with E-state index in [4.69, 9.17) is 4.42 Å². The van der Waals surface area contributed by atoms with Gasteiger partial charge in [0, 0.05) is 23.4 Å². The van der Waals surface area contributed by atoms with E-state index in [9.17, 15) is 9.59 Å². The molecule has 0 bridgehead atoms. The number of rotatable bonds is 4. The molecule has 2 aliphatic rings. The maximum Gasteiger partial charge on any atom is 0.254 e.